The van der Waals surface area contributed by atoms with Gasteiger partial charge in [-0.25, -0.2) is 9.78 Å². The molecule has 0 fully saturated rings. The maximum Gasteiger partial charge on any atom is 0.343 e. The molecule has 19 heavy (non-hydrogen) atoms. The summed E-state index contributed by atoms with van der Waals surface area (Å²) in [6, 6.07) is 10.6. The van der Waals surface area contributed by atoms with Gasteiger partial charge in [-0.15, -0.1) is 0 Å². The number of carbonyl (C=O) groups is 1. The number of para-hydroxylation sites is 1. The molecule has 2 aromatic rings. The third-order valence-corrected chi connectivity index (χ3v) is 2.51. The van der Waals surface area contributed by atoms with Gasteiger partial charge in [0.05, 0.1) is 6.61 Å². The first-order chi connectivity index (χ1) is 9.20. The van der Waals surface area contributed by atoms with E-state index in [1.807, 2.05) is 18.2 Å². The van der Waals surface area contributed by atoms with Gasteiger partial charge in [0.1, 0.15) is 22.2 Å². The zero-order valence-electron chi connectivity index (χ0n) is 10.3. The molecule has 0 unspecified atom stereocenters. The molecule has 0 aliphatic carbocycles. The predicted molar refractivity (Wildman–Crippen MR) is 71.7 cm³/mol. The van der Waals surface area contributed by atoms with Crippen LogP contribution in [0.25, 0.3) is 0 Å². The number of benzene rings is 1. The Morgan fingerprint density at radius 2 is 2.05 bits per heavy atom. The molecule has 0 radical (unpaired) electrons. The Labute approximate surface area is 115 Å². The average Bonchev–Trinajstić information content (AvgIpc) is 2.40. The van der Waals surface area contributed by atoms with Crippen molar-refractivity contribution in [2.75, 3.05) is 6.61 Å². The van der Waals surface area contributed by atoms with E-state index in [-0.39, 0.29) is 17.3 Å². The fourth-order valence-corrected chi connectivity index (χ4v) is 1.62. The number of ether oxygens (including phenoxy) is 2. The minimum atomic E-state index is -0.488. The van der Waals surface area contributed by atoms with E-state index in [9.17, 15) is 4.79 Å². The second-order valence-corrected chi connectivity index (χ2v) is 4.03. The highest BCUT2D eigenvalue weighted by molar-refractivity contribution is 6.29. The Kier molecular flexibility index (Phi) is 4.36. The van der Waals surface area contributed by atoms with Crippen LogP contribution in [0, 0.1) is 0 Å². The van der Waals surface area contributed by atoms with Gasteiger partial charge in [0, 0.05) is 12.3 Å². The molecule has 0 spiro atoms. The zero-order chi connectivity index (χ0) is 13.7. The number of esters is 1. The zero-order valence-corrected chi connectivity index (χ0v) is 11.1. The molecule has 0 saturated heterocycles. The van der Waals surface area contributed by atoms with Gasteiger partial charge < -0.3 is 9.47 Å². The van der Waals surface area contributed by atoms with Gasteiger partial charge in [-0.2, -0.15) is 0 Å². The summed E-state index contributed by atoms with van der Waals surface area (Å²) in [6.07, 6.45) is 1.35. The van der Waals surface area contributed by atoms with Crippen LogP contribution in [0.2, 0.25) is 5.15 Å². The van der Waals surface area contributed by atoms with Crippen LogP contribution in [0.15, 0.2) is 42.6 Å². The Hall–Kier alpha value is -2.07. The lowest BCUT2D eigenvalue weighted by Crippen LogP contribution is -2.07. The number of nitrogens with zero attached hydrogens (tertiary/aromatic N) is 1. The van der Waals surface area contributed by atoms with Crippen molar-refractivity contribution in [3.63, 3.8) is 0 Å². The van der Waals surface area contributed by atoms with E-state index < -0.39 is 5.97 Å². The molecule has 0 atom stereocenters. The monoisotopic (exact) mass is 277 g/mol. The number of hydrogen-bond acceptors (Lipinski definition) is 4. The molecular formula is C14H12ClNO3. The maximum atomic E-state index is 11.8. The molecule has 98 valence electrons. The van der Waals surface area contributed by atoms with E-state index >= 15 is 0 Å². The second kappa shape index (κ2) is 6.20. The topological polar surface area (TPSA) is 48.4 Å². The number of aromatic nitrogens is 1. The van der Waals surface area contributed by atoms with Crippen molar-refractivity contribution in [1.29, 1.82) is 0 Å². The van der Waals surface area contributed by atoms with Crippen LogP contribution < -0.4 is 4.74 Å². The van der Waals surface area contributed by atoms with E-state index in [0.717, 1.165) is 0 Å². The lowest BCUT2D eigenvalue weighted by atomic mass is 10.2. The van der Waals surface area contributed by atoms with Gasteiger partial charge >= 0.3 is 5.97 Å². The average molecular weight is 278 g/mol. The SMILES string of the molecule is CCOC(=O)c1cnc(Cl)cc1Oc1ccccc1. The van der Waals surface area contributed by atoms with Crippen LogP contribution in [0.1, 0.15) is 17.3 Å². The van der Waals surface area contributed by atoms with Crippen molar-refractivity contribution in [2.45, 2.75) is 6.92 Å². The minimum Gasteiger partial charge on any atom is -0.462 e. The molecule has 1 heterocycles. The largest absolute Gasteiger partial charge is 0.462 e. The van der Waals surface area contributed by atoms with E-state index in [2.05, 4.69) is 4.98 Å². The van der Waals surface area contributed by atoms with Crippen molar-refractivity contribution < 1.29 is 14.3 Å². The summed E-state index contributed by atoms with van der Waals surface area (Å²) in [7, 11) is 0. The molecule has 0 saturated carbocycles. The molecule has 0 amide bonds. The normalized spacial score (nSPS) is 10.0. The third kappa shape index (κ3) is 3.45. The summed E-state index contributed by atoms with van der Waals surface area (Å²) >= 11 is 5.82. The molecule has 5 heteroatoms. The Morgan fingerprint density at radius 3 is 2.74 bits per heavy atom. The third-order valence-electron chi connectivity index (χ3n) is 2.30. The Balaban J connectivity index is 2.32. The smallest absolute Gasteiger partial charge is 0.343 e. The summed E-state index contributed by atoms with van der Waals surface area (Å²) in [6.45, 7) is 2.02. The lowest BCUT2D eigenvalue weighted by Gasteiger charge is -2.10. The first-order valence-corrected chi connectivity index (χ1v) is 6.14. The summed E-state index contributed by atoms with van der Waals surface area (Å²) in [5.41, 5.74) is 0.245. The highest BCUT2D eigenvalue weighted by Gasteiger charge is 2.15. The van der Waals surface area contributed by atoms with Crippen LogP contribution in [-0.4, -0.2) is 17.6 Å². The van der Waals surface area contributed by atoms with E-state index in [0.29, 0.717) is 11.5 Å². The van der Waals surface area contributed by atoms with Gasteiger partial charge in [-0.3, -0.25) is 0 Å². The predicted octanol–water partition coefficient (Wildman–Crippen LogP) is 3.70. The van der Waals surface area contributed by atoms with Crippen molar-refractivity contribution in [1.82, 2.24) is 4.98 Å². The molecule has 1 aromatic heterocycles. The van der Waals surface area contributed by atoms with Crippen molar-refractivity contribution >= 4 is 17.6 Å². The van der Waals surface area contributed by atoms with Crippen LogP contribution >= 0.6 is 11.6 Å². The number of hydrogen-bond donors (Lipinski definition) is 0. The first-order valence-electron chi connectivity index (χ1n) is 5.76. The van der Waals surface area contributed by atoms with Crippen molar-refractivity contribution in [2.24, 2.45) is 0 Å². The molecule has 0 bridgehead atoms. The van der Waals surface area contributed by atoms with Crippen LogP contribution in [0.4, 0.5) is 0 Å². The van der Waals surface area contributed by atoms with E-state index in [1.165, 1.54) is 12.3 Å². The number of carbonyl (C=O) groups excluding carboxylic acids is 1. The maximum absolute atomic E-state index is 11.8. The summed E-state index contributed by atoms with van der Waals surface area (Å²) in [5, 5.41) is 0.249. The van der Waals surface area contributed by atoms with Gasteiger partial charge in [0.25, 0.3) is 0 Å². The standard InChI is InChI=1S/C14H12ClNO3/c1-2-18-14(17)11-9-16-13(15)8-12(11)19-10-6-4-3-5-7-10/h3-9H,2H2,1H3. The molecule has 4 nitrogen and oxygen atoms in total. The van der Waals surface area contributed by atoms with E-state index in [1.54, 1.807) is 19.1 Å². The van der Waals surface area contributed by atoms with Crippen LogP contribution in [-0.2, 0) is 4.74 Å². The van der Waals surface area contributed by atoms with E-state index in [4.69, 9.17) is 21.1 Å². The lowest BCUT2D eigenvalue weighted by molar-refractivity contribution is 0.0523. The van der Waals surface area contributed by atoms with Gasteiger partial charge in [-0.05, 0) is 19.1 Å². The Bertz CT molecular complexity index is 572. The van der Waals surface area contributed by atoms with Crippen LogP contribution in [0.5, 0.6) is 11.5 Å². The fraction of sp³-hybridized carbons (Fsp3) is 0.143. The first kappa shape index (κ1) is 13.4. The summed E-state index contributed by atoms with van der Waals surface area (Å²) < 4.78 is 10.6. The minimum absolute atomic E-state index is 0.245. The van der Waals surface area contributed by atoms with Gasteiger partial charge in [0.2, 0.25) is 0 Å². The Morgan fingerprint density at radius 1 is 1.32 bits per heavy atom. The summed E-state index contributed by atoms with van der Waals surface area (Å²) in [4.78, 5) is 15.7. The number of pyridine rings is 1. The second-order valence-electron chi connectivity index (χ2n) is 3.64. The van der Waals surface area contributed by atoms with Gasteiger partial charge in [0.15, 0.2) is 0 Å². The van der Waals surface area contributed by atoms with Crippen LogP contribution in [0.3, 0.4) is 0 Å². The highest BCUT2D eigenvalue weighted by atomic mass is 35.5. The summed E-state index contributed by atoms with van der Waals surface area (Å²) in [5.74, 6) is 0.442. The quantitative estimate of drug-likeness (QED) is 0.631. The van der Waals surface area contributed by atoms with Crippen molar-refractivity contribution in [3.05, 3.63) is 53.3 Å². The van der Waals surface area contributed by atoms with Gasteiger partial charge in [-0.1, -0.05) is 29.8 Å². The fourth-order valence-electron chi connectivity index (χ4n) is 1.48. The molecule has 2 rings (SSSR count). The number of rotatable bonds is 4. The number of halogens is 1. The van der Waals surface area contributed by atoms with Crippen molar-refractivity contribution in [3.8, 4) is 11.5 Å². The molecule has 0 aliphatic heterocycles. The highest BCUT2D eigenvalue weighted by Crippen LogP contribution is 2.27. The molecular weight excluding hydrogens is 266 g/mol. The molecule has 0 aliphatic rings. The molecule has 0 N–H and O–H groups in total. The molecule has 1 aromatic carbocycles.